The van der Waals surface area contributed by atoms with E-state index in [1.807, 2.05) is 20.8 Å². The maximum Gasteiger partial charge on any atom is 0.251 e. The van der Waals surface area contributed by atoms with E-state index in [2.05, 4.69) is 55.8 Å². The van der Waals surface area contributed by atoms with E-state index in [-0.39, 0.29) is 75.2 Å². The summed E-state index contributed by atoms with van der Waals surface area (Å²) in [5.41, 5.74) is -1.96. The Kier molecular flexibility index (Phi) is 21.3. The molecular formula is C57H68Cl3F2N5O9. The van der Waals surface area contributed by atoms with Crippen molar-refractivity contribution in [3.05, 3.63) is 128 Å². The molecule has 1 saturated carbocycles. The third-order valence-electron chi connectivity index (χ3n) is 13.8. The van der Waals surface area contributed by atoms with Crippen molar-refractivity contribution >= 4 is 46.6 Å². The smallest absolute Gasteiger partial charge is 0.251 e. The van der Waals surface area contributed by atoms with E-state index in [1.54, 1.807) is 48.5 Å². The molecule has 2 fully saturated rings. The normalized spacial score (nSPS) is 21.5. The lowest BCUT2D eigenvalue weighted by Crippen LogP contribution is -2.74. The zero-order chi connectivity index (χ0) is 55.3. The van der Waals surface area contributed by atoms with Crippen LogP contribution in [0.3, 0.4) is 0 Å². The van der Waals surface area contributed by atoms with Crippen LogP contribution < -0.4 is 25.4 Å². The summed E-state index contributed by atoms with van der Waals surface area (Å²) >= 11 is 18.6. The van der Waals surface area contributed by atoms with Gasteiger partial charge in [-0.1, -0.05) is 101 Å². The lowest BCUT2D eigenvalue weighted by Gasteiger charge is -2.63. The number of nitrogens with one attached hydrogen (secondary N) is 3. The van der Waals surface area contributed by atoms with E-state index in [9.17, 15) is 20.1 Å². The molecule has 1 heterocycles. The van der Waals surface area contributed by atoms with Gasteiger partial charge in [0.1, 0.15) is 47.3 Å². The summed E-state index contributed by atoms with van der Waals surface area (Å²) in [6.45, 7) is 17.8. The molecule has 76 heavy (non-hydrogen) atoms. The highest BCUT2D eigenvalue weighted by molar-refractivity contribution is 6.32. The maximum absolute atomic E-state index is 15.9. The quantitative estimate of drug-likeness (QED) is 0.0482. The summed E-state index contributed by atoms with van der Waals surface area (Å²) in [4.78, 5) is 27.3. The predicted octanol–water partition coefficient (Wildman–Crippen LogP) is 10.0. The fraction of sp³-hybridized carbons (Fsp3) is 0.509. The Bertz CT molecular complexity index is 2680. The maximum atomic E-state index is 15.9. The van der Waals surface area contributed by atoms with Gasteiger partial charge in [-0.15, -0.1) is 0 Å². The Morgan fingerprint density at radius 2 is 1.30 bits per heavy atom. The first-order chi connectivity index (χ1) is 36.1. The van der Waals surface area contributed by atoms with E-state index in [1.165, 1.54) is 24.3 Å². The minimum atomic E-state index is -1.72. The van der Waals surface area contributed by atoms with Crippen LogP contribution in [-0.4, -0.2) is 115 Å². The second-order valence-electron chi connectivity index (χ2n) is 21.2. The van der Waals surface area contributed by atoms with Gasteiger partial charge in [-0.25, -0.2) is 8.78 Å². The second-order valence-corrected chi connectivity index (χ2v) is 22.5. The van der Waals surface area contributed by atoms with Gasteiger partial charge in [0, 0.05) is 57.6 Å². The molecule has 2 aliphatic rings. The standard InChI is InChI=1S/C57H68Cl3F2N5O9/c1-54(2,3)33-46-57(35-64,42-18-14-38(58)31-45(42)61)47(41-9-8-10-43(59)48(41)62)49(66-46)51(69)65-19-20-70-21-22-71-23-24-72-25-26-73-27-28-74-29-30-75-39-15-11-36(12-16-39)50(68)67-52-55(4,5)53(56(52,6)7)76-40-17-13-37(34-63)44(60)32-40/h8-18,31-32,46-47,49,52-53,66H,19-30,33H2,1-7H3,(H,65,69)(H,67,68)/t46-,47-,49+,52-,53-,57-/m0/s1. The number of carbonyl (C=O) groups is 2. The second kappa shape index (κ2) is 27.0. The third kappa shape index (κ3) is 14.7. The van der Waals surface area contributed by atoms with Crippen LogP contribution in [0.15, 0.2) is 78.9 Å². The molecule has 0 radical (unpaired) electrons. The van der Waals surface area contributed by atoms with E-state index in [0.29, 0.717) is 93.5 Å². The zero-order valence-electron chi connectivity index (χ0n) is 44.0. The van der Waals surface area contributed by atoms with Crippen LogP contribution in [0, 0.1) is 50.5 Å². The van der Waals surface area contributed by atoms with Crippen LogP contribution >= 0.6 is 34.8 Å². The molecule has 1 aliphatic carbocycles. The van der Waals surface area contributed by atoms with Gasteiger partial charge in [0.2, 0.25) is 5.91 Å². The van der Waals surface area contributed by atoms with Crippen molar-refractivity contribution in [1.29, 1.82) is 10.5 Å². The molecule has 3 N–H and O–H groups in total. The number of hydrogen-bond donors (Lipinski definition) is 3. The van der Waals surface area contributed by atoms with Crippen LogP contribution in [0.25, 0.3) is 0 Å². The molecule has 4 atom stereocenters. The van der Waals surface area contributed by atoms with Crippen LogP contribution in [-0.2, 0) is 33.9 Å². The van der Waals surface area contributed by atoms with Crippen LogP contribution in [0.4, 0.5) is 8.78 Å². The SMILES string of the molecule is CC(C)(C)C[C@@H]1N[C@@H](C(=O)NCCOCCOCCOCCOCCOCCOc2ccc(C(=O)N[C@H]3C(C)(C)[C@H](Oc4ccc(C#N)c(Cl)c4)C3(C)C)cc2)[C@H](c2cccc(Cl)c2F)[C@@]1(C#N)c1ccc(Cl)cc1F. The highest BCUT2D eigenvalue weighted by Gasteiger charge is 2.64. The number of nitrogens with zero attached hydrogens (tertiary/aromatic N) is 2. The van der Waals surface area contributed by atoms with Gasteiger partial charge in [0.25, 0.3) is 5.91 Å². The highest BCUT2D eigenvalue weighted by atomic mass is 35.5. The number of hydrogen-bond acceptors (Lipinski definition) is 12. The van der Waals surface area contributed by atoms with Crippen LogP contribution in [0.1, 0.15) is 87.9 Å². The number of benzene rings is 4. The third-order valence-corrected chi connectivity index (χ3v) is 14.6. The summed E-state index contributed by atoms with van der Waals surface area (Å²) in [5.74, 6) is -2.21. The van der Waals surface area contributed by atoms with E-state index >= 15 is 8.78 Å². The first-order valence-corrected chi connectivity index (χ1v) is 26.4. The Balaban J connectivity index is 0.800. The molecule has 19 heteroatoms. The van der Waals surface area contributed by atoms with E-state index in [0.717, 1.165) is 6.07 Å². The number of ether oxygens (including phenoxy) is 7. The molecule has 4 aromatic rings. The molecule has 0 spiro atoms. The lowest BCUT2D eigenvalue weighted by atomic mass is 9.49. The Hall–Kier alpha value is -5.11. The molecule has 14 nitrogen and oxygen atoms in total. The Morgan fingerprint density at radius 3 is 1.86 bits per heavy atom. The van der Waals surface area contributed by atoms with E-state index < -0.39 is 41.0 Å². The molecule has 0 bridgehead atoms. The molecule has 0 unspecified atom stereocenters. The lowest BCUT2D eigenvalue weighted by molar-refractivity contribution is -0.164. The number of rotatable bonds is 27. The van der Waals surface area contributed by atoms with Gasteiger partial charge in [0.15, 0.2) is 0 Å². The molecule has 410 valence electrons. The topological polar surface area (TPSA) is 182 Å². The Labute approximate surface area is 459 Å². The fourth-order valence-electron chi connectivity index (χ4n) is 10.6. The first-order valence-electron chi connectivity index (χ1n) is 25.3. The summed E-state index contributed by atoms with van der Waals surface area (Å²) in [6.07, 6.45) is 0.141. The fourth-order valence-corrected chi connectivity index (χ4v) is 11.2. The van der Waals surface area contributed by atoms with Crippen LogP contribution in [0.5, 0.6) is 11.5 Å². The molecule has 4 aromatic carbocycles. The predicted molar refractivity (Wildman–Crippen MR) is 286 cm³/mol. The average Bonchev–Trinajstić information content (AvgIpc) is 3.82. The minimum absolute atomic E-state index is 0.00548. The van der Waals surface area contributed by atoms with Gasteiger partial charge in [-0.2, -0.15) is 10.5 Å². The van der Waals surface area contributed by atoms with Crippen molar-refractivity contribution in [2.75, 3.05) is 79.2 Å². The summed E-state index contributed by atoms with van der Waals surface area (Å²) in [5, 5.41) is 29.8. The highest BCUT2D eigenvalue weighted by Crippen LogP contribution is 2.56. The van der Waals surface area contributed by atoms with E-state index in [4.69, 9.17) is 68.0 Å². The number of halogens is 5. The molecule has 2 amide bonds. The average molecular weight is 1110 g/mol. The molecular weight excluding hydrogens is 1040 g/mol. The molecule has 0 aromatic heterocycles. The zero-order valence-corrected chi connectivity index (χ0v) is 46.3. The van der Waals surface area contributed by atoms with Gasteiger partial charge in [0.05, 0.1) is 93.8 Å². The summed E-state index contributed by atoms with van der Waals surface area (Å²) in [7, 11) is 0. The Morgan fingerprint density at radius 1 is 0.724 bits per heavy atom. The number of amides is 2. The monoisotopic (exact) mass is 1110 g/mol. The van der Waals surface area contributed by atoms with Crippen molar-refractivity contribution < 1.29 is 51.5 Å². The number of nitriles is 2. The molecule has 1 saturated heterocycles. The van der Waals surface area contributed by atoms with Crippen molar-refractivity contribution in [2.45, 2.75) is 90.4 Å². The van der Waals surface area contributed by atoms with Crippen molar-refractivity contribution in [3.8, 4) is 23.6 Å². The van der Waals surface area contributed by atoms with Gasteiger partial charge in [-0.3, -0.25) is 9.59 Å². The summed E-state index contributed by atoms with van der Waals surface area (Å²) < 4.78 is 72.0. The van der Waals surface area contributed by atoms with Gasteiger partial charge >= 0.3 is 0 Å². The van der Waals surface area contributed by atoms with Crippen LogP contribution in [0.2, 0.25) is 15.1 Å². The number of carbonyl (C=O) groups excluding carboxylic acids is 2. The van der Waals surface area contributed by atoms with Crippen molar-refractivity contribution in [2.24, 2.45) is 16.2 Å². The first kappa shape index (κ1) is 60.1. The molecule has 6 rings (SSSR count). The van der Waals surface area contributed by atoms with Gasteiger partial charge < -0.3 is 49.1 Å². The molecule has 1 aliphatic heterocycles. The van der Waals surface area contributed by atoms with Crippen molar-refractivity contribution in [3.63, 3.8) is 0 Å². The largest absolute Gasteiger partial charge is 0.491 e. The summed E-state index contributed by atoms with van der Waals surface area (Å²) in [6, 6.07) is 22.7. The minimum Gasteiger partial charge on any atom is -0.491 e. The van der Waals surface area contributed by atoms with Gasteiger partial charge in [-0.05, 0) is 72.0 Å². The van der Waals surface area contributed by atoms with Crippen molar-refractivity contribution in [1.82, 2.24) is 16.0 Å².